The van der Waals surface area contributed by atoms with Crippen LogP contribution in [0.1, 0.15) is 55.3 Å². The molecule has 1 heterocycles. The highest BCUT2D eigenvalue weighted by atomic mass is 16.5. The summed E-state index contributed by atoms with van der Waals surface area (Å²) in [6.45, 7) is 4.67. The van der Waals surface area contributed by atoms with E-state index in [1.165, 1.54) is 0 Å². The second-order valence-electron chi connectivity index (χ2n) is 5.40. The van der Waals surface area contributed by atoms with Gasteiger partial charge in [0.05, 0.1) is 5.69 Å². The van der Waals surface area contributed by atoms with Crippen LogP contribution >= 0.6 is 0 Å². The first-order valence-corrected chi connectivity index (χ1v) is 7.11. The fourth-order valence-electron chi connectivity index (χ4n) is 2.71. The minimum Gasteiger partial charge on any atom is -0.351 e. The Morgan fingerprint density at radius 3 is 2.68 bits per heavy atom. The van der Waals surface area contributed by atoms with Gasteiger partial charge >= 0.3 is 0 Å². The van der Waals surface area contributed by atoms with Gasteiger partial charge in [0, 0.05) is 24.7 Å². The number of nitrogens with zero attached hydrogens (tertiary/aromatic N) is 2. The molecule has 2 N–H and O–H groups in total. The zero-order valence-corrected chi connectivity index (χ0v) is 11.8. The Labute approximate surface area is 114 Å². The molecule has 0 atom stereocenters. The molecule has 2 rings (SSSR count). The van der Waals surface area contributed by atoms with Crippen molar-refractivity contribution in [1.29, 1.82) is 0 Å². The van der Waals surface area contributed by atoms with E-state index in [1.807, 2.05) is 11.8 Å². The third-order valence-corrected chi connectivity index (χ3v) is 3.75. The van der Waals surface area contributed by atoms with Crippen molar-refractivity contribution in [3.8, 4) is 0 Å². The molecule has 0 unspecified atom stereocenters. The molecule has 0 bridgehead atoms. The lowest BCUT2D eigenvalue weighted by molar-refractivity contribution is 0.0585. The van der Waals surface area contributed by atoms with Crippen LogP contribution in [-0.4, -0.2) is 34.6 Å². The monoisotopic (exact) mass is 265 g/mol. The van der Waals surface area contributed by atoms with E-state index >= 15 is 0 Å². The van der Waals surface area contributed by atoms with Crippen LogP contribution in [0.3, 0.4) is 0 Å². The van der Waals surface area contributed by atoms with Gasteiger partial charge in [-0.1, -0.05) is 12.1 Å². The quantitative estimate of drug-likeness (QED) is 0.905. The van der Waals surface area contributed by atoms with Gasteiger partial charge in [-0.25, -0.2) is 0 Å². The molecular weight excluding hydrogens is 242 g/mol. The van der Waals surface area contributed by atoms with E-state index in [0.29, 0.717) is 11.8 Å². The van der Waals surface area contributed by atoms with Gasteiger partial charge in [-0.2, -0.15) is 0 Å². The summed E-state index contributed by atoms with van der Waals surface area (Å²) >= 11 is 0. The van der Waals surface area contributed by atoms with Gasteiger partial charge < -0.3 is 15.2 Å². The summed E-state index contributed by atoms with van der Waals surface area (Å²) in [5, 5.41) is 3.79. The second-order valence-corrected chi connectivity index (χ2v) is 5.40. The largest absolute Gasteiger partial charge is 0.351 e. The number of aromatic nitrogens is 1. The highest BCUT2D eigenvalue weighted by Crippen LogP contribution is 2.24. The highest BCUT2D eigenvalue weighted by molar-refractivity contribution is 5.91. The van der Waals surface area contributed by atoms with Gasteiger partial charge in [-0.3, -0.25) is 4.79 Å². The Kier molecular flexibility index (Phi) is 4.58. The van der Waals surface area contributed by atoms with Gasteiger partial charge in [0.15, 0.2) is 0 Å². The Morgan fingerprint density at radius 2 is 2.16 bits per heavy atom. The molecule has 1 aromatic heterocycles. The van der Waals surface area contributed by atoms with Crippen LogP contribution in [0.25, 0.3) is 0 Å². The van der Waals surface area contributed by atoms with Crippen LogP contribution in [0.2, 0.25) is 0 Å². The van der Waals surface area contributed by atoms with Gasteiger partial charge in [0.25, 0.3) is 5.91 Å². The zero-order valence-electron chi connectivity index (χ0n) is 11.8. The summed E-state index contributed by atoms with van der Waals surface area (Å²) in [4.78, 5) is 14.4. The average molecular weight is 265 g/mol. The molecule has 1 amide bonds. The lowest BCUT2D eigenvalue weighted by atomic mass is 9.90. The molecule has 0 radical (unpaired) electrons. The van der Waals surface area contributed by atoms with Crippen molar-refractivity contribution >= 4 is 5.91 Å². The van der Waals surface area contributed by atoms with Crippen molar-refractivity contribution in [2.45, 2.75) is 58.0 Å². The standard InChI is InChI=1S/C14H23N3O2/c1-3-8-17(12-6-4-11(15)5-7-12)14(18)13-9-10(2)16-19-13/h9,11-12H,3-8,15H2,1-2H3. The average Bonchev–Trinajstić information content (AvgIpc) is 2.83. The second kappa shape index (κ2) is 6.19. The van der Waals surface area contributed by atoms with Crippen LogP contribution in [0, 0.1) is 6.92 Å². The van der Waals surface area contributed by atoms with E-state index in [1.54, 1.807) is 6.07 Å². The number of carbonyl (C=O) groups excluding carboxylic acids is 1. The first kappa shape index (κ1) is 14.1. The van der Waals surface area contributed by atoms with Crippen molar-refractivity contribution < 1.29 is 9.32 Å². The number of hydrogen-bond donors (Lipinski definition) is 1. The molecule has 1 aliphatic rings. The zero-order chi connectivity index (χ0) is 13.8. The van der Waals surface area contributed by atoms with E-state index in [9.17, 15) is 4.79 Å². The fraction of sp³-hybridized carbons (Fsp3) is 0.714. The van der Waals surface area contributed by atoms with Crippen LogP contribution < -0.4 is 5.73 Å². The summed E-state index contributed by atoms with van der Waals surface area (Å²) in [5.74, 6) is 0.309. The van der Waals surface area contributed by atoms with Crippen LogP contribution in [0.5, 0.6) is 0 Å². The molecular formula is C14H23N3O2. The number of aryl methyl sites for hydroxylation is 1. The normalized spacial score (nSPS) is 23.3. The lowest BCUT2D eigenvalue weighted by Crippen LogP contribution is -2.44. The summed E-state index contributed by atoms with van der Waals surface area (Å²) in [5.41, 5.74) is 6.67. The van der Waals surface area contributed by atoms with Crippen LogP contribution in [-0.2, 0) is 0 Å². The van der Waals surface area contributed by atoms with Gasteiger partial charge in [-0.15, -0.1) is 0 Å². The summed E-state index contributed by atoms with van der Waals surface area (Å²) in [6, 6.07) is 2.29. The third-order valence-electron chi connectivity index (χ3n) is 3.75. The highest BCUT2D eigenvalue weighted by Gasteiger charge is 2.29. The van der Waals surface area contributed by atoms with Crippen molar-refractivity contribution in [2.24, 2.45) is 5.73 Å². The molecule has 1 saturated carbocycles. The van der Waals surface area contributed by atoms with E-state index in [2.05, 4.69) is 12.1 Å². The van der Waals surface area contributed by atoms with Crippen LogP contribution in [0.15, 0.2) is 10.6 Å². The number of hydrogen-bond acceptors (Lipinski definition) is 4. The Hall–Kier alpha value is -1.36. The predicted octanol–water partition coefficient (Wildman–Crippen LogP) is 2.11. The van der Waals surface area contributed by atoms with Gasteiger partial charge in [0.1, 0.15) is 0 Å². The van der Waals surface area contributed by atoms with Gasteiger partial charge in [0.2, 0.25) is 5.76 Å². The number of amides is 1. The molecule has 1 fully saturated rings. The summed E-state index contributed by atoms with van der Waals surface area (Å²) < 4.78 is 5.10. The molecule has 0 saturated heterocycles. The number of rotatable bonds is 4. The Balaban J connectivity index is 2.08. The minimum absolute atomic E-state index is 0.0390. The summed E-state index contributed by atoms with van der Waals surface area (Å²) in [7, 11) is 0. The topological polar surface area (TPSA) is 72.4 Å². The maximum absolute atomic E-state index is 12.5. The van der Waals surface area contributed by atoms with Crippen molar-refractivity contribution in [3.63, 3.8) is 0 Å². The Morgan fingerprint density at radius 1 is 1.47 bits per heavy atom. The number of carbonyl (C=O) groups is 1. The van der Waals surface area contributed by atoms with E-state index in [-0.39, 0.29) is 11.9 Å². The molecule has 0 spiro atoms. The maximum Gasteiger partial charge on any atom is 0.292 e. The predicted molar refractivity (Wildman–Crippen MR) is 72.8 cm³/mol. The third kappa shape index (κ3) is 3.35. The SMILES string of the molecule is CCCN(C(=O)c1cc(C)no1)C1CCC(N)CC1. The van der Waals surface area contributed by atoms with Crippen LogP contribution in [0.4, 0.5) is 0 Å². The van der Waals surface area contributed by atoms with Crippen molar-refractivity contribution in [3.05, 3.63) is 17.5 Å². The first-order chi connectivity index (χ1) is 9.11. The molecule has 106 valence electrons. The molecule has 0 aliphatic heterocycles. The fourth-order valence-corrected chi connectivity index (χ4v) is 2.71. The molecule has 0 aromatic carbocycles. The molecule has 5 heteroatoms. The Bertz CT molecular complexity index is 422. The van der Waals surface area contributed by atoms with E-state index < -0.39 is 0 Å². The molecule has 1 aliphatic carbocycles. The maximum atomic E-state index is 12.5. The lowest BCUT2D eigenvalue weighted by Gasteiger charge is -2.35. The number of nitrogens with two attached hydrogens (primary N) is 1. The van der Waals surface area contributed by atoms with Gasteiger partial charge in [-0.05, 0) is 39.0 Å². The molecule has 5 nitrogen and oxygen atoms in total. The van der Waals surface area contributed by atoms with E-state index in [0.717, 1.165) is 44.3 Å². The molecule has 1 aromatic rings. The van der Waals surface area contributed by atoms with E-state index in [4.69, 9.17) is 10.3 Å². The minimum atomic E-state index is -0.0390. The summed E-state index contributed by atoms with van der Waals surface area (Å²) in [6.07, 6.45) is 4.91. The van der Waals surface area contributed by atoms with Crippen molar-refractivity contribution in [1.82, 2.24) is 10.1 Å². The van der Waals surface area contributed by atoms with Crippen molar-refractivity contribution in [2.75, 3.05) is 6.54 Å². The smallest absolute Gasteiger partial charge is 0.292 e. The first-order valence-electron chi connectivity index (χ1n) is 7.11. The molecule has 19 heavy (non-hydrogen) atoms.